The minimum Gasteiger partial charge on any atom is -0.309 e. The lowest BCUT2D eigenvalue weighted by Crippen LogP contribution is -2.01. The molecule has 0 unspecified atom stereocenters. The fourth-order valence-electron chi connectivity index (χ4n) is 3.21. The molecule has 30 heavy (non-hydrogen) atoms. The summed E-state index contributed by atoms with van der Waals surface area (Å²) in [7, 11) is 1.99. The molecule has 146 valence electrons. The van der Waals surface area contributed by atoms with E-state index in [1.165, 1.54) is 17.3 Å². The van der Waals surface area contributed by atoms with Gasteiger partial charge in [0.05, 0.1) is 5.52 Å². The number of aromatic nitrogens is 6. The largest absolute Gasteiger partial charge is 0.309 e. The van der Waals surface area contributed by atoms with Crippen LogP contribution in [0.5, 0.6) is 0 Å². The quantitative estimate of drug-likeness (QED) is 0.396. The Morgan fingerprint density at radius 1 is 0.833 bits per heavy atom. The maximum Gasteiger partial charge on any atom is 0.197 e. The number of hydrogen-bond donors (Lipinski definition) is 0. The summed E-state index contributed by atoms with van der Waals surface area (Å²) in [6, 6.07) is 22.1. The SMILES string of the molecule is Cn1c(Cc2ccccc2)nnc1Sc1nc(-c2ccncc2)nc2ccccc12. The second kappa shape index (κ2) is 8.04. The van der Waals surface area contributed by atoms with Crippen molar-refractivity contribution < 1.29 is 0 Å². The van der Waals surface area contributed by atoms with E-state index in [-0.39, 0.29) is 0 Å². The molecule has 3 aromatic heterocycles. The van der Waals surface area contributed by atoms with E-state index in [4.69, 9.17) is 9.97 Å². The van der Waals surface area contributed by atoms with Crippen molar-refractivity contribution in [2.24, 2.45) is 7.05 Å². The Bertz CT molecular complexity index is 1300. The summed E-state index contributed by atoms with van der Waals surface area (Å²) in [5.41, 5.74) is 3.03. The molecule has 0 fully saturated rings. The van der Waals surface area contributed by atoms with Crippen LogP contribution in [0.3, 0.4) is 0 Å². The van der Waals surface area contributed by atoms with Crippen LogP contribution in [0.1, 0.15) is 11.4 Å². The Kier molecular flexibility index (Phi) is 4.94. The van der Waals surface area contributed by atoms with E-state index < -0.39 is 0 Å². The zero-order valence-corrected chi connectivity index (χ0v) is 17.1. The predicted octanol–water partition coefficient (Wildman–Crippen LogP) is 4.56. The molecule has 0 bridgehead atoms. The Morgan fingerprint density at radius 2 is 1.60 bits per heavy atom. The van der Waals surface area contributed by atoms with Gasteiger partial charge >= 0.3 is 0 Å². The zero-order chi connectivity index (χ0) is 20.3. The molecule has 3 heterocycles. The molecule has 0 radical (unpaired) electrons. The van der Waals surface area contributed by atoms with Crippen molar-refractivity contribution >= 4 is 22.7 Å². The third-order valence-corrected chi connectivity index (χ3v) is 5.87. The molecule has 6 nitrogen and oxygen atoms in total. The van der Waals surface area contributed by atoms with E-state index in [2.05, 4.69) is 27.3 Å². The van der Waals surface area contributed by atoms with Crippen LogP contribution >= 0.6 is 11.8 Å². The highest BCUT2D eigenvalue weighted by atomic mass is 32.2. The van der Waals surface area contributed by atoms with Gasteiger partial charge in [-0.3, -0.25) is 4.98 Å². The minimum atomic E-state index is 0.672. The first-order valence-corrected chi connectivity index (χ1v) is 10.4. The van der Waals surface area contributed by atoms with Gasteiger partial charge < -0.3 is 4.57 Å². The lowest BCUT2D eigenvalue weighted by Gasteiger charge is -2.08. The molecule has 0 aliphatic carbocycles. The number of hydrogen-bond acceptors (Lipinski definition) is 6. The van der Waals surface area contributed by atoms with Gasteiger partial charge in [-0.2, -0.15) is 0 Å². The highest BCUT2D eigenvalue weighted by Crippen LogP contribution is 2.32. The first-order chi connectivity index (χ1) is 14.8. The summed E-state index contributed by atoms with van der Waals surface area (Å²) < 4.78 is 2.03. The number of nitrogens with zero attached hydrogens (tertiary/aromatic N) is 6. The molecule has 7 heteroatoms. The van der Waals surface area contributed by atoms with Crippen LogP contribution in [-0.2, 0) is 13.5 Å². The summed E-state index contributed by atoms with van der Waals surface area (Å²) in [5, 5.41) is 11.5. The lowest BCUT2D eigenvalue weighted by atomic mass is 10.1. The van der Waals surface area contributed by atoms with Crippen LogP contribution in [0.2, 0.25) is 0 Å². The average Bonchev–Trinajstić information content (AvgIpc) is 3.14. The van der Waals surface area contributed by atoms with Crippen LogP contribution in [0.15, 0.2) is 89.3 Å². The number of benzene rings is 2. The molecule has 0 amide bonds. The van der Waals surface area contributed by atoms with Crippen molar-refractivity contribution in [3.63, 3.8) is 0 Å². The van der Waals surface area contributed by atoms with Crippen LogP contribution in [-0.4, -0.2) is 29.7 Å². The molecule has 5 rings (SSSR count). The van der Waals surface area contributed by atoms with Gasteiger partial charge in [0.2, 0.25) is 0 Å². The van der Waals surface area contributed by atoms with E-state index in [1.54, 1.807) is 12.4 Å². The first kappa shape index (κ1) is 18.4. The molecule has 0 saturated carbocycles. The van der Waals surface area contributed by atoms with Gasteiger partial charge in [-0.1, -0.05) is 48.5 Å². The molecule has 5 aromatic rings. The van der Waals surface area contributed by atoms with Crippen LogP contribution in [0, 0.1) is 0 Å². The molecule has 0 saturated heterocycles. The van der Waals surface area contributed by atoms with E-state index in [1.807, 2.05) is 66.2 Å². The summed E-state index contributed by atoms with van der Waals surface area (Å²) in [4.78, 5) is 13.7. The Morgan fingerprint density at radius 3 is 2.43 bits per heavy atom. The minimum absolute atomic E-state index is 0.672. The van der Waals surface area contributed by atoms with Crippen LogP contribution in [0.4, 0.5) is 0 Å². The van der Waals surface area contributed by atoms with E-state index in [0.717, 1.165) is 38.9 Å². The molecule has 0 N–H and O–H groups in total. The number of fused-ring (bicyclic) bond motifs is 1. The highest BCUT2D eigenvalue weighted by molar-refractivity contribution is 7.99. The maximum atomic E-state index is 4.84. The van der Waals surface area contributed by atoms with Crippen LogP contribution < -0.4 is 0 Å². The molecule has 0 atom stereocenters. The smallest absolute Gasteiger partial charge is 0.197 e. The molecule has 0 aliphatic rings. The van der Waals surface area contributed by atoms with Crippen molar-refractivity contribution in [3.05, 3.63) is 90.5 Å². The Balaban J connectivity index is 1.52. The fourth-order valence-corrected chi connectivity index (χ4v) is 4.12. The van der Waals surface area contributed by atoms with Gasteiger partial charge in [-0.05, 0) is 35.5 Å². The van der Waals surface area contributed by atoms with Crippen molar-refractivity contribution in [2.75, 3.05) is 0 Å². The normalized spacial score (nSPS) is 11.1. The summed E-state index contributed by atoms with van der Waals surface area (Å²) in [6.45, 7) is 0. The van der Waals surface area contributed by atoms with Gasteiger partial charge in [0.25, 0.3) is 0 Å². The highest BCUT2D eigenvalue weighted by Gasteiger charge is 2.15. The molecule has 0 aliphatic heterocycles. The Labute approximate surface area is 178 Å². The second-order valence-corrected chi connectivity index (χ2v) is 7.78. The topological polar surface area (TPSA) is 69.4 Å². The molecule has 0 spiro atoms. The lowest BCUT2D eigenvalue weighted by molar-refractivity contribution is 0.748. The number of pyridine rings is 1. The zero-order valence-electron chi connectivity index (χ0n) is 16.3. The third-order valence-electron chi connectivity index (χ3n) is 4.82. The van der Waals surface area contributed by atoms with Crippen molar-refractivity contribution in [1.82, 2.24) is 29.7 Å². The van der Waals surface area contributed by atoms with Gasteiger partial charge in [0.15, 0.2) is 11.0 Å². The van der Waals surface area contributed by atoms with Crippen molar-refractivity contribution in [3.8, 4) is 11.4 Å². The third kappa shape index (κ3) is 3.67. The molecule has 2 aromatic carbocycles. The first-order valence-electron chi connectivity index (χ1n) is 9.55. The van der Waals surface area contributed by atoms with Gasteiger partial charge in [-0.25, -0.2) is 9.97 Å². The molecular formula is C23H18N6S. The maximum absolute atomic E-state index is 4.84. The van der Waals surface area contributed by atoms with E-state index in [9.17, 15) is 0 Å². The summed E-state index contributed by atoms with van der Waals surface area (Å²) in [6.07, 6.45) is 4.23. The molecular weight excluding hydrogens is 392 g/mol. The van der Waals surface area contributed by atoms with E-state index in [0.29, 0.717) is 5.82 Å². The Hall–Kier alpha value is -3.58. The second-order valence-electron chi connectivity index (χ2n) is 6.83. The van der Waals surface area contributed by atoms with Gasteiger partial charge in [0.1, 0.15) is 10.9 Å². The van der Waals surface area contributed by atoms with Crippen molar-refractivity contribution in [2.45, 2.75) is 16.6 Å². The number of para-hydroxylation sites is 1. The summed E-state index contributed by atoms with van der Waals surface area (Å²) >= 11 is 1.51. The standard InChI is InChI=1S/C23H18N6S/c1-29-20(15-16-7-3-2-4-8-16)27-28-23(29)30-22-18-9-5-6-10-19(18)25-21(26-22)17-11-13-24-14-12-17/h2-14H,15H2,1H3. The monoisotopic (exact) mass is 410 g/mol. The van der Waals surface area contributed by atoms with Crippen molar-refractivity contribution in [1.29, 1.82) is 0 Å². The fraction of sp³-hybridized carbons (Fsp3) is 0.0870. The van der Waals surface area contributed by atoms with Gasteiger partial charge in [-0.15, -0.1) is 10.2 Å². The summed E-state index contributed by atoms with van der Waals surface area (Å²) in [5.74, 6) is 1.58. The van der Waals surface area contributed by atoms with Crippen LogP contribution in [0.25, 0.3) is 22.3 Å². The number of rotatable bonds is 5. The van der Waals surface area contributed by atoms with Gasteiger partial charge in [0, 0.05) is 36.8 Å². The predicted molar refractivity (Wildman–Crippen MR) is 117 cm³/mol. The average molecular weight is 411 g/mol. The van der Waals surface area contributed by atoms with E-state index >= 15 is 0 Å².